The minimum atomic E-state index is 0.793. The molecule has 16 heavy (non-hydrogen) atoms. The third kappa shape index (κ3) is 3.13. The second kappa shape index (κ2) is 5.37. The lowest BCUT2D eigenvalue weighted by molar-refractivity contribution is 0.554. The maximum atomic E-state index is 4.21. The quantitative estimate of drug-likeness (QED) is 0.752. The summed E-state index contributed by atoms with van der Waals surface area (Å²) < 4.78 is 1.93. The zero-order valence-electron chi connectivity index (χ0n) is 9.30. The van der Waals surface area contributed by atoms with Gasteiger partial charge in [0, 0.05) is 37.2 Å². The van der Waals surface area contributed by atoms with Crippen LogP contribution in [-0.4, -0.2) is 26.3 Å². The Kier molecular flexibility index (Phi) is 3.61. The molecule has 0 unspecified atom stereocenters. The molecule has 2 heterocycles. The molecule has 0 amide bonds. The van der Waals surface area contributed by atoms with Crippen molar-refractivity contribution in [1.82, 2.24) is 25.1 Å². The zero-order valence-corrected chi connectivity index (χ0v) is 9.30. The summed E-state index contributed by atoms with van der Waals surface area (Å²) in [6, 6.07) is 0. The second-order valence-corrected chi connectivity index (χ2v) is 3.70. The Morgan fingerprint density at radius 3 is 2.75 bits per heavy atom. The summed E-state index contributed by atoms with van der Waals surface area (Å²) in [6.07, 6.45) is 9.07. The van der Waals surface area contributed by atoms with Gasteiger partial charge in [0.25, 0.3) is 0 Å². The molecule has 5 nitrogen and oxygen atoms in total. The number of nitrogens with one attached hydrogen (secondary N) is 1. The Bertz CT molecular complexity index is 423. The van der Waals surface area contributed by atoms with Crippen LogP contribution in [0.25, 0.3) is 0 Å². The molecule has 0 atom stereocenters. The van der Waals surface area contributed by atoms with Gasteiger partial charge in [0.05, 0.1) is 12.7 Å². The van der Waals surface area contributed by atoms with Crippen molar-refractivity contribution < 1.29 is 0 Å². The topological polar surface area (TPSA) is 55.6 Å². The van der Waals surface area contributed by atoms with E-state index in [1.807, 2.05) is 36.4 Å². The van der Waals surface area contributed by atoms with Gasteiger partial charge in [-0.25, -0.2) is 9.97 Å². The lowest BCUT2D eigenvalue weighted by atomic mass is 10.3. The fourth-order valence-corrected chi connectivity index (χ4v) is 1.44. The summed E-state index contributed by atoms with van der Waals surface area (Å²) in [7, 11) is 0. The van der Waals surface area contributed by atoms with Gasteiger partial charge in [0.1, 0.15) is 6.33 Å². The molecule has 0 aliphatic rings. The third-order valence-electron chi connectivity index (χ3n) is 2.22. The molecule has 0 radical (unpaired) electrons. The molecule has 0 aliphatic carbocycles. The molecule has 0 spiro atoms. The predicted octanol–water partition coefficient (Wildman–Crippen LogP) is 0.771. The van der Waals surface area contributed by atoms with E-state index in [1.165, 1.54) is 11.9 Å². The van der Waals surface area contributed by atoms with E-state index in [0.717, 1.165) is 25.2 Å². The van der Waals surface area contributed by atoms with Crippen molar-refractivity contribution in [3.05, 3.63) is 42.2 Å². The molecular weight excluding hydrogens is 202 g/mol. The van der Waals surface area contributed by atoms with Crippen LogP contribution in [0.4, 0.5) is 0 Å². The number of aromatic nitrogens is 4. The lowest BCUT2D eigenvalue weighted by Crippen LogP contribution is -2.19. The molecule has 0 aliphatic heterocycles. The first kappa shape index (κ1) is 10.8. The van der Waals surface area contributed by atoms with Gasteiger partial charge in [-0.15, -0.1) is 0 Å². The van der Waals surface area contributed by atoms with E-state index in [1.54, 1.807) is 0 Å². The van der Waals surface area contributed by atoms with Gasteiger partial charge in [-0.3, -0.25) is 4.68 Å². The van der Waals surface area contributed by atoms with Crippen LogP contribution >= 0.6 is 0 Å². The summed E-state index contributed by atoms with van der Waals surface area (Å²) in [6.45, 7) is 4.59. The highest BCUT2D eigenvalue weighted by Crippen LogP contribution is 1.94. The summed E-state index contributed by atoms with van der Waals surface area (Å²) in [5, 5.41) is 7.53. The highest BCUT2D eigenvalue weighted by molar-refractivity contribution is 5.01. The molecule has 84 valence electrons. The largest absolute Gasteiger partial charge is 0.311 e. The van der Waals surface area contributed by atoms with E-state index in [4.69, 9.17) is 0 Å². The number of aryl methyl sites for hydroxylation is 1. The maximum absolute atomic E-state index is 4.21. The molecule has 0 aromatic carbocycles. The van der Waals surface area contributed by atoms with E-state index < -0.39 is 0 Å². The molecule has 0 bridgehead atoms. The molecule has 0 saturated carbocycles. The average Bonchev–Trinajstić information content (AvgIpc) is 2.72. The van der Waals surface area contributed by atoms with Crippen molar-refractivity contribution in [3.63, 3.8) is 0 Å². The Morgan fingerprint density at radius 1 is 1.25 bits per heavy atom. The second-order valence-electron chi connectivity index (χ2n) is 3.70. The smallest absolute Gasteiger partial charge is 0.115 e. The summed E-state index contributed by atoms with van der Waals surface area (Å²) in [5.74, 6) is 0. The minimum Gasteiger partial charge on any atom is -0.311 e. The lowest BCUT2D eigenvalue weighted by Gasteiger charge is -2.04. The molecular formula is C11H15N5. The number of hydrogen-bond acceptors (Lipinski definition) is 4. The van der Waals surface area contributed by atoms with Crippen LogP contribution in [0.15, 0.2) is 31.1 Å². The third-order valence-corrected chi connectivity index (χ3v) is 2.22. The van der Waals surface area contributed by atoms with Gasteiger partial charge in [0.15, 0.2) is 0 Å². The standard InChI is InChI=1S/C11H15N5/c1-10-4-15-16(8-10)3-2-12-5-11-6-13-9-14-7-11/h4,6-9,12H,2-3,5H2,1H3. The molecule has 0 fully saturated rings. The molecule has 2 aromatic rings. The van der Waals surface area contributed by atoms with Gasteiger partial charge < -0.3 is 5.32 Å². The van der Waals surface area contributed by atoms with Gasteiger partial charge in [-0.05, 0) is 12.5 Å². The van der Waals surface area contributed by atoms with Crippen molar-refractivity contribution in [2.45, 2.75) is 20.0 Å². The number of nitrogens with zero attached hydrogens (tertiary/aromatic N) is 4. The van der Waals surface area contributed by atoms with Crippen LogP contribution in [0.3, 0.4) is 0 Å². The fourth-order valence-electron chi connectivity index (χ4n) is 1.44. The van der Waals surface area contributed by atoms with E-state index in [2.05, 4.69) is 20.4 Å². The van der Waals surface area contributed by atoms with Crippen LogP contribution in [0.2, 0.25) is 0 Å². The highest BCUT2D eigenvalue weighted by Gasteiger charge is 1.94. The maximum Gasteiger partial charge on any atom is 0.115 e. The molecule has 5 heteroatoms. The van der Waals surface area contributed by atoms with Crippen molar-refractivity contribution in [2.75, 3.05) is 6.54 Å². The Labute approximate surface area is 94.5 Å². The molecule has 0 saturated heterocycles. The monoisotopic (exact) mass is 217 g/mol. The Hall–Kier alpha value is -1.75. The zero-order chi connectivity index (χ0) is 11.2. The van der Waals surface area contributed by atoms with Gasteiger partial charge in [-0.2, -0.15) is 5.10 Å². The Morgan fingerprint density at radius 2 is 2.06 bits per heavy atom. The summed E-state index contributed by atoms with van der Waals surface area (Å²) >= 11 is 0. The van der Waals surface area contributed by atoms with E-state index in [0.29, 0.717) is 0 Å². The van der Waals surface area contributed by atoms with E-state index in [9.17, 15) is 0 Å². The fraction of sp³-hybridized carbons (Fsp3) is 0.364. The van der Waals surface area contributed by atoms with Crippen LogP contribution < -0.4 is 5.32 Å². The van der Waals surface area contributed by atoms with E-state index >= 15 is 0 Å². The highest BCUT2D eigenvalue weighted by atomic mass is 15.3. The van der Waals surface area contributed by atoms with Crippen molar-refractivity contribution in [2.24, 2.45) is 0 Å². The first-order chi connectivity index (χ1) is 7.84. The first-order valence-electron chi connectivity index (χ1n) is 5.28. The van der Waals surface area contributed by atoms with Crippen LogP contribution in [0.1, 0.15) is 11.1 Å². The molecule has 2 aromatic heterocycles. The van der Waals surface area contributed by atoms with Gasteiger partial charge in [-0.1, -0.05) is 0 Å². The number of hydrogen-bond donors (Lipinski definition) is 1. The van der Waals surface area contributed by atoms with Gasteiger partial charge >= 0.3 is 0 Å². The Balaban J connectivity index is 1.69. The summed E-state index contributed by atoms with van der Waals surface area (Å²) in [4.78, 5) is 7.91. The van der Waals surface area contributed by atoms with Crippen LogP contribution in [-0.2, 0) is 13.1 Å². The van der Waals surface area contributed by atoms with Crippen molar-refractivity contribution in [3.8, 4) is 0 Å². The van der Waals surface area contributed by atoms with Gasteiger partial charge in [0.2, 0.25) is 0 Å². The molecule has 1 N–H and O–H groups in total. The van der Waals surface area contributed by atoms with Crippen molar-refractivity contribution >= 4 is 0 Å². The predicted molar refractivity (Wildman–Crippen MR) is 60.7 cm³/mol. The average molecular weight is 217 g/mol. The molecule has 2 rings (SSSR count). The van der Waals surface area contributed by atoms with Crippen molar-refractivity contribution in [1.29, 1.82) is 0 Å². The van der Waals surface area contributed by atoms with Crippen LogP contribution in [0.5, 0.6) is 0 Å². The minimum absolute atomic E-state index is 0.793. The summed E-state index contributed by atoms with van der Waals surface area (Å²) in [5.41, 5.74) is 2.29. The van der Waals surface area contributed by atoms with Crippen LogP contribution in [0, 0.1) is 6.92 Å². The normalized spacial score (nSPS) is 10.6. The first-order valence-corrected chi connectivity index (χ1v) is 5.28. The number of rotatable bonds is 5. The SMILES string of the molecule is Cc1cnn(CCNCc2cncnc2)c1. The van der Waals surface area contributed by atoms with E-state index in [-0.39, 0.29) is 0 Å².